The summed E-state index contributed by atoms with van der Waals surface area (Å²) in [7, 11) is 0. The normalized spacial score (nSPS) is 18.3. The molecule has 15 heavy (non-hydrogen) atoms. The molecule has 0 radical (unpaired) electrons. The number of nitrogens with one attached hydrogen (secondary N) is 1. The summed E-state index contributed by atoms with van der Waals surface area (Å²) in [5, 5.41) is 1.74. The van der Waals surface area contributed by atoms with E-state index in [9.17, 15) is 9.59 Å². The number of thioether (sulfide) groups is 1. The number of carbonyl (C=O) groups excluding carboxylic acids is 2. The molecule has 0 saturated carbocycles. The van der Waals surface area contributed by atoms with Crippen LogP contribution >= 0.6 is 23.4 Å². The summed E-state index contributed by atoms with van der Waals surface area (Å²) in [6.45, 7) is 0. The van der Waals surface area contributed by atoms with Crippen molar-refractivity contribution in [1.29, 1.82) is 0 Å². The molecule has 0 atom stereocenters. The van der Waals surface area contributed by atoms with E-state index in [1.54, 1.807) is 0 Å². The first-order chi connectivity index (χ1) is 7.15. The Morgan fingerprint density at radius 2 is 2.20 bits per heavy atom. The lowest BCUT2D eigenvalue weighted by Gasteiger charge is -1.92. The lowest BCUT2D eigenvalue weighted by atomic mass is 10.4. The number of imide groups is 1. The highest BCUT2D eigenvalue weighted by atomic mass is 35.5. The fourth-order valence-corrected chi connectivity index (χ4v) is 1.68. The van der Waals surface area contributed by atoms with E-state index in [1.807, 2.05) is 0 Å². The maximum atomic E-state index is 11.1. The molecule has 1 aliphatic rings. The van der Waals surface area contributed by atoms with Crippen LogP contribution in [0.15, 0.2) is 11.2 Å². The molecule has 0 bridgehead atoms. The van der Waals surface area contributed by atoms with Gasteiger partial charge in [0.25, 0.3) is 11.1 Å². The van der Waals surface area contributed by atoms with Gasteiger partial charge in [-0.2, -0.15) is 4.98 Å². The summed E-state index contributed by atoms with van der Waals surface area (Å²) in [6.07, 6.45) is 2.60. The topological polar surface area (TPSA) is 84.8 Å². The molecule has 0 aromatic carbocycles. The Morgan fingerprint density at radius 1 is 1.40 bits per heavy atom. The van der Waals surface area contributed by atoms with Crippen LogP contribution in [0, 0.1) is 0 Å². The summed E-state index contributed by atoms with van der Waals surface area (Å²) in [4.78, 5) is 33.3. The van der Waals surface area contributed by atoms with Crippen LogP contribution in [0.2, 0.25) is 5.28 Å². The third-order valence-electron chi connectivity index (χ3n) is 1.46. The summed E-state index contributed by atoms with van der Waals surface area (Å²) in [5.74, 6) is -0.219. The molecule has 1 fully saturated rings. The minimum Gasteiger partial charge on any atom is -0.282 e. The highest BCUT2D eigenvalue weighted by molar-refractivity contribution is 8.18. The first-order valence-corrected chi connectivity index (χ1v) is 4.94. The first kappa shape index (κ1) is 10.1. The maximum absolute atomic E-state index is 11.1. The van der Waals surface area contributed by atoms with Gasteiger partial charge >= 0.3 is 0 Å². The van der Waals surface area contributed by atoms with Crippen LogP contribution in [0.1, 0.15) is 5.82 Å². The zero-order valence-electron chi connectivity index (χ0n) is 7.10. The average Bonchev–Trinajstić information content (AvgIpc) is 2.45. The third-order valence-corrected chi connectivity index (χ3v) is 2.46. The molecule has 2 heterocycles. The van der Waals surface area contributed by atoms with Crippen molar-refractivity contribution >= 4 is 40.6 Å². The molecule has 1 aromatic rings. The molecule has 76 valence electrons. The molecule has 1 aromatic heterocycles. The van der Waals surface area contributed by atoms with Crippen LogP contribution in [0.25, 0.3) is 6.08 Å². The number of amides is 2. The molecule has 6 nitrogen and oxygen atoms in total. The standard InChI is InChI=1S/C7H3ClN4O2S/c8-6-10-2-9-4(11-6)1-3-5(13)12-7(14)15-3/h1-2H,(H,12,13,14)/b3-1-. The predicted octanol–water partition coefficient (Wildman–Crippen LogP) is 0.849. The predicted molar refractivity (Wildman–Crippen MR) is 53.9 cm³/mol. The van der Waals surface area contributed by atoms with Crippen LogP contribution in [-0.2, 0) is 4.79 Å². The minimum atomic E-state index is -0.457. The average molecular weight is 243 g/mol. The summed E-state index contributed by atoms with van der Waals surface area (Å²) < 4.78 is 0. The molecule has 8 heteroatoms. The number of carbonyl (C=O) groups is 2. The van der Waals surface area contributed by atoms with Gasteiger partial charge in [-0.25, -0.2) is 9.97 Å². The number of rotatable bonds is 1. The van der Waals surface area contributed by atoms with Crippen molar-refractivity contribution in [2.45, 2.75) is 0 Å². The third kappa shape index (κ3) is 2.31. The second-order valence-electron chi connectivity index (χ2n) is 2.46. The number of nitrogens with zero attached hydrogens (tertiary/aromatic N) is 3. The monoisotopic (exact) mass is 242 g/mol. The van der Waals surface area contributed by atoms with Gasteiger partial charge in [0.1, 0.15) is 6.33 Å². The lowest BCUT2D eigenvalue weighted by molar-refractivity contribution is -0.115. The SMILES string of the molecule is O=C1NC(=O)/C(=C/c2ncnc(Cl)n2)S1. The second kappa shape index (κ2) is 3.95. The van der Waals surface area contributed by atoms with E-state index in [0.717, 1.165) is 11.8 Å². The largest absolute Gasteiger partial charge is 0.290 e. The Bertz CT molecular complexity index is 476. The zero-order valence-corrected chi connectivity index (χ0v) is 8.67. The second-order valence-corrected chi connectivity index (χ2v) is 3.82. The fraction of sp³-hybridized carbons (Fsp3) is 0. The van der Waals surface area contributed by atoms with E-state index in [1.165, 1.54) is 12.4 Å². The molecule has 1 saturated heterocycles. The first-order valence-electron chi connectivity index (χ1n) is 3.74. The molecule has 0 unspecified atom stereocenters. The molecular formula is C7H3ClN4O2S. The Morgan fingerprint density at radius 3 is 2.80 bits per heavy atom. The van der Waals surface area contributed by atoms with Crippen LogP contribution in [0.5, 0.6) is 0 Å². The summed E-state index contributed by atoms with van der Waals surface area (Å²) >= 11 is 6.32. The molecule has 2 amide bonds. The van der Waals surface area contributed by atoms with Crippen LogP contribution in [0.3, 0.4) is 0 Å². The number of halogens is 1. The van der Waals surface area contributed by atoms with Gasteiger partial charge in [-0.05, 0) is 23.4 Å². The molecular weight excluding hydrogens is 240 g/mol. The Kier molecular flexibility index (Phi) is 2.65. The van der Waals surface area contributed by atoms with Crippen LogP contribution in [0.4, 0.5) is 4.79 Å². The fourth-order valence-electron chi connectivity index (χ4n) is 0.896. The quantitative estimate of drug-likeness (QED) is 0.735. The number of hydrogen-bond acceptors (Lipinski definition) is 6. The Hall–Kier alpha value is -1.47. The summed E-state index contributed by atoms with van der Waals surface area (Å²) in [5.41, 5.74) is 0. The van der Waals surface area contributed by atoms with Crippen molar-refractivity contribution < 1.29 is 9.59 Å². The molecule has 1 N–H and O–H groups in total. The minimum absolute atomic E-state index is 0.0339. The van der Waals surface area contributed by atoms with Crippen molar-refractivity contribution in [2.75, 3.05) is 0 Å². The smallest absolute Gasteiger partial charge is 0.282 e. The highest BCUT2D eigenvalue weighted by Gasteiger charge is 2.25. The van der Waals surface area contributed by atoms with Crippen molar-refractivity contribution in [3.05, 3.63) is 22.3 Å². The van der Waals surface area contributed by atoms with Gasteiger partial charge < -0.3 is 0 Å². The Labute approximate surface area is 93.2 Å². The maximum Gasteiger partial charge on any atom is 0.290 e. The van der Waals surface area contributed by atoms with E-state index >= 15 is 0 Å². The van der Waals surface area contributed by atoms with Gasteiger partial charge in [0.15, 0.2) is 5.82 Å². The van der Waals surface area contributed by atoms with Crippen LogP contribution < -0.4 is 5.32 Å². The Balaban J connectivity index is 2.31. The van der Waals surface area contributed by atoms with Gasteiger partial charge in [-0.3, -0.25) is 14.9 Å². The van der Waals surface area contributed by atoms with Crippen molar-refractivity contribution in [1.82, 2.24) is 20.3 Å². The number of hydrogen-bond donors (Lipinski definition) is 1. The van der Waals surface area contributed by atoms with Gasteiger partial charge in [-0.15, -0.1) is 0 Å². The van der Waals surface area contributed by atoms with Crippen molar-refractivity contribution in [2.24, 2.45) is 0 Å². The van der Waals surface area contributed by atoms with Gasteiger partial charge in [0.05, 0.1) is 4.91 Å². The van der Waals surface area contributed by atoms with E-state index in [2.05, 4.69) is 20.3 Å². The molecule has 2 rings (SSSR count). The van der Waals surface area contributed by atoms with Gasteiger partial charge in [0, 0.05) is 6.08 Å². The van der Waals surface area contributed by atoms with E-state index in [0.29, 0.717) is 0 Å². The van der Waals surface area contributed by atoms with Crippen molar-refractivity contribution in [3.63, 3.8) is 0 Å². The van der Waals surface area contributed by atoms with Crippen LogP contribution in [-0.4, -0.2) is 26.1 Å². The van der Waals surface area contributed by atoms with Gasteiger partial charge in [-0.1, -0.05) is 0 Å². The van der Waals surface area contributed by atoms with Gasteiger partial charge in [0.2, 0.25) is 5.28 Å². The van der Waals surface area contributed by atoms with E-state index in [4.69, 9.17) is 11.6 Å². The zero-order chi connectivity index (χ0) is 10.8. The molecule has 1 aliphatic heterocycles. The van der Waals surface area contributed by atoms with Crippen molar-refractivity contribution in [3.8, 4) is 0 Å². The number of aromatic nitrogens is 3. The lowest BCUT2D eigenvalue weighted by Crippen LogP contribution is -2.17. The van der Waals surface area contributed by atoms with E-state index < -0.39 is 11.1 Å². The highest BCUT2D eigenvalue weighted by Crippen LogP contribution is 2.24. The molecule has 0 spiro atoms. The molecule has 0 aliphatic carbocycles. The summed E-state index contributed by atoms with van der Waals surface area (Å²) in [6, 6.07) is 0. The van der Waals surface area contributed by atoms with E-state index in [-0.39, 0.29) is 16.0 Å².